The van der Waals surface area contributed by atoms with E-state index in [9.17, 15) is 13.2 Å². The standard InChI is InChI=1S/C22H26ClN5O3S/c1-26-9-11-27(12-10-26)19-8-7-16(23)13-18(19)25-22(29)14-28-20-6-4-3-5-17(20)24-21(28)15-32(2,30)31/h3-8,13H,9-12,14-15H2,1-2H3,(H,25,29). The van der Waals surface area contributed by atoms with Gasteiger partial charge in [0.05, 0.1) is 22.4 Å². The summed E-state index contributed by atoms with van der Waals surface area (Å²) >= 11 is 6.22. The number of nitrogens with zero attached hydrogens (tertiary/aromatic N) is 4. The molecular weight excluding hydrogens is 450 g/mol. The molecule has 32 heavy (non-hydrogen) atoms. The molecule has 1 aliphatic heterocycles. The summed E-state index contributed by atoms with van der Waals surface area (Å²) in [6.45, 7) is 3.52. The molecule has 1 aliphatic rings. The Morgan fingerprint density at radius 2 is 1.84 bits per heavy atom. The summed E-state index contributed by atoms with van der Waals surface area (Å²) in [5, 5.41) is 3.51. The molecule has 1 N–H and O–H groups in total. The Morgan fingerprint density at radius 3 is 2.56 bits per heavy atom. The van der Waals surface area contributed by atoms with Crippen molar-refractivity contribution in [2.75, 3.05) is 49.7 Å². The summed E-state index contributed by atoms with van der Waals surface area (Å²) in [6.07, 6.45) is 1.16. The van der Waals surface area contributed by atoms with Gasteiger partial charge in [-0.2, -0.15) is 0 Å². The number of benzene rings is 2. The maximum absolute atomic E-state index is 13.1. The van der Waals surface area contributed by atoms with Crippen LogP contribution in [0.1, 0.15) is 5.82 Å². The number of piperazine rings is 1. The lowest BCUT2D eigenvalue weighted by molar-refractivity contribution is -0.116. The minimum atomic E-state index is -3.32. The number of hydrogen-bond acceptors (Lipinski definition) is 6. The number of aromatic nitrogens is 2. The molecule has 0 aliphatic carbocycles. The van der Waals surface area contributed by atoms with Crippen molar-refractivity contribution in [3.8, 4) is 0 Å². The third kappa shape index (κ3) is 5.23. The maximum atomic E-state index is 13.1. The van der Waals surface area contributed by atoms with Crippen LogP contribution in [0.4, 0.5) is 11.4 Å². The van der Waals surface area contributed by atoms with Crippen LogP contribution in [0.2, 0.25) is 5.02 Å². The van der Waals surface area contributed by atoms with Crippen LogP contribution in [0.5, 0.6) is 0 Å². The van der Waals surface area contributed by atoms with Crippen LogP contribution in [-0.2, 0) is 26.9 Å². The highest BCUT2D eigenvalue weighted by Gasteiger charge is 2.20. The molecule has 0 radical (unpaired) electrons. The number of rotatable bonds is 6. The Morgan fingerprint density at radius 1 is 1.12 bits per heavy atom. The number of carbonyl (C=O) groups excluding carboxylic acids is 1. The van der Waals surface area contributed by atoms with Gasteiger partial charge in [-0.25, -0.2) is 13.4 Å². The van der Waals surface area contributed by atoms with E-state index in [1.807, 2.05) is 30.3 Å². The Labute approximate surface area is 192 Å². The van der Waals surface area contributed by atoms with Crippen molar-refractivity contribution in [1.29, 1.82) is 0 Å². The van der Waals surface area contributed by atoms with Crippen molar-refractivity contribution in [2.24, 2.45) is 0 Å². The van der Waals surface area contributed by atoms with Gasteiger partial charge in [-0.15, -0.1) is 0 Å². The molecule has 0 spiro atoms. The van der Waals surface area contributed by atoms with E-state index in [4.69, 9.17) is 11.6 Å². The number of hydrogen-bond donors (Lipinski definition) is 1. The summed E-state index contributed by atoms with van der Waals surface area (Å²) in [5.74, 6) is -0.173. The zero-order valence-electron chi connectivity index (χ0n) is 18.1. The monoisotopic (exact) mass is 475 g/mol. The number of imidazole rings is 1. The van der Waals surface area contributed by atoms with E-state index >= 15 is 0 Å². The average Bonchev–Trinajstić information content (AvgIpc) is 3.04. The number of carbonyl (C=O) groups is 1. The summed E-state index contributed by atoms with van der Waals surface area (Å²) in [5.41, 5.74) is 2.93. The highest BCUT2D eigenvalue weighted by molar-refractivity contribution is 7.89. The van der Waals surface area contributed by atoms with Crippen molar-refractivity contribution in [1.82, 2.24) is 14.5 Å². The lowest BCUT2D eigenvalue weighted by Crippen LogP contribution is -2.44. The topological polar surface area (TPSA) is 87.5 Å². The number of halogens is 1. The molecule has 0 unspecified atom stereocenters. The number of amides is 1. The highest BCUT2D eigenvalue weighted by atomic mass is 35.5. The van der Waals surface area contributed by atoms with E-state index in [-0.39, 0.29) is 18.2 Å². The minimum absolute atomic E-state index is 0.0555. The van der Waals surface area contributed by atoms with Crippen LogP contribution >= 0.6 is 11.6 Å². The Kier molecular flexibility index (Phi) is 6.41. The van der Waals surface area contributed by atoms with Crippen molar-refractivity contribution >= 4 is 49.8 Å². The third-order valence-electron chi connectivity index (χ3n) is 5.50. The summed E-state index contributed by atoms with van der Waals surface area (Å²) < 4.78 is 25.5. The van der Waals surface area contributed by atoms with Crippen molar-refractivity contribution in [3.63, 3.8) is 0 Å². The van der Waals surface area contributed by atoms with E-state index in [1.165, 1.54) is 0 Å². The second kappa shape index (κ2) is 9.09. The number of fused-ring (bicyclic) bond motifs is 1. The molecule has 1 saturated heterocycles. The van der Waals surface area contributed by atoms with E-state index in [0.717, 1.165) is 38.1 Å². The Hall–Kier alpha value is -2.62. The fourth-order valence-electron chi connectivity index (χ4n) is 3.91. The van der Waals surface area contributed by atoms with E-state index in [2.05, 4.69) is 27.1 Å². The molecule has 1 aromatic heterocycles. The highest BCUT2D eigenvalue weighted by Crippen LogP contribution is 2.30. The van der Waals surface area contributed by atoms with Gasteiger partial charge in [-0.05, 0) is 37.4 Å². The Bertz CT molecular complexity index is 1250. The van der Waals surface area contributed by atoms with Crippen molar-refractivity contribution in [2.45, 2.75) is 12.3 Å². The smallest absolute Gasteiger partial charge is 0.244 e. The lowest BCUT2D eigenvalue weighted by atomic mass is 10.2. The van der Waals surface area contributed by atoms with Crippen LogP contribution in [0, 0.1) is 0 Å². The fourth-order valence-corrected chi connectivity index (χ4v) is 4.77. The minimum Gasteiger partial charge on any atom is -0.367 e. The lowest BCUT2D eigenvalue weighted by Gasteiger charge is -2.35. The van der Waals surface area contributed by atoms with Gasteiger partial charge in [-0.3, -0.25) is 4.79 Å². The molecule has 1 fully saturated rings. The first-order valence-electron chi connectivity index (χ1n) is 10.3. The van der Waals surface area contributed by atoms with Crippen molar-refractivity contribution in [3.05, 3.63) is 53.3 Å². The van der Waals surface area contributed by atoms with Gasteiger partial charge in [0.1, 0.15) is 18.1 Å². The van der Waals surface area contributed by atoms with Crippen LogP contribution in [-0.4, -0.2) is 68.3 Å². The summed E-state index contributed by atoms with van der Waals surface area (Å²) in [4.78, 5) is 22.0. The van der Waals surface area contributed by atoms with Crippen LogP contribution in [0.25, 0.3) is 11.0 Å². The fraction of sp³-hybridized carbons (Fsp3) is 0.364. The first kappa shape index (κ1) is 22.6. The van der Waals surface area contributed by atoms with E-state index in [0.29, 0.717) is 27.6 Å². The van der Waals surface area contributed by atoms with Gasteiger partial charge < -0.3 is 19.7 Å². The average molecular weight is 476 g/mol. The van der Waals surface area contributed by atoms with Gasteiger partial charge in [0.15, 0.2) is 9.84 Å². The summed E-state index contributed by atoms with van der Waals surface area (Å²) in [7, 11) is -1.23. The zero-order chi connectivity index (χ0) is 22.9. The summed E-state index contributed by atoms with van der Waals surface area (Å²) in [6, 6.07) is 12.8. The molecule has 170 valence electrons. The number of anilines is 2. The second-order valence-electron chi connectivity index (χ2n) is 8.17. The van der Waals surface area contributed by atoms with Gasteiger partial charge >= 0.3 is 0 Å². The Balaban J connectivity index is 1.60. The third-order valence-corrected chi connectivity index (χ3v) is 6.52. The number of likely N-dealkylation sites (N-methyl/N-ethyl adjacent to an activating group) is 1. The quantitative estimate of drug-likeness (QED) is 0.589. The molecule has 3 aromatic rings. The predicted molar refractivity (Wildman–Crippen MR) is 128 cm³/mol. The first-order chi connectivity index (χ1) is 15.2. The molecule has 2 heterocycles. The first-order valence-corrected chi connectivity index (χ1v) is 12.8. The van der Waals surface area contributed by atoms with Crippen LogP contribution in [0.15, 0.2) is 42.5 Å². The number of sulfone groups is 1. The molecule has 8 nitrogen and oxygen atoms in total. The normalized spacial score (nSPS) is 15.3. The zero-order valence-corrected chi connectivity index (χ0v) is 19.7. The molecular formula is C22H26ClN5O3S. The van der Waals surface area contributed by atoms with Crippen LogP contribution < -0.4 is 10.2 Å². The predicted octanol–water partition coefficient (Wildman–Crippen LogP) is 2.62. The molecule has 2 aromatic carbocycles. The van der Waals surface area contributed by atoms with E-state index < -0.39 is 9.84 Å². The molecule has 1 amide bonds. The van der Waals surface area contributed by atoms with Gasteiger partial charge in [-0.1, -0.05) is 23.7 Å². The van der Waals surface area contributed by atoms with Gasteiger partial charge in [0, 0.05) is 37.5 Å². The van der Waals surface area contributed by atoms with Gasteiger partial charge in [0.25, 0.3) is 0 Å². The SMILES string of the molecule is CN1CCN(c2ccc(Cl)cc2NC(=O)Cn2c(CS(C)(=O)=O)nc3ccccc32)CC1. The maximum Gasteiger partial charge on any atom is 0.244 e. The molecule has 0 saturated carbocycles. The molecule has 0 bridgehead atoms. The number of nitrogens with one attached hydrogen (secondary N) is 1. The number of para-hydroxylation sites is 2. The van der Waals surface area contributed by atoms with Crippen LogP contribution in [0.3, 0.4) is 0 Å². The molecule has 0 atom stereocenters. The van der Waals surface area contributed by atoms with Crippen molar-refractivity contribution < 1.29 is 13.2 Å². The largest absolute Gasteiger partial charge is 0.367 e. The molecule has 10 heteroatoms. The van der Waals surface area contributed by atoms with Gasteiger partial charge in [0.2, 0.25) is 5.91 Å². The molecule has 4 rings (SSSR count). The second-order valence-corrected chi connectivity index (χ2v) is 10.7. The van der Waals surface area contributed by atoms with E-state index in [1.54, 1.807) is 16.7 Å².